The number of rotatable bonds is 6. The van der Waals surface area contributed by atoms with Crippen LogP contribution in [0.25, 0.3) is 0 Å². The summed E-state index contributed by atoms with van der Waals surface area (Å²) in [6.07, 6.45) is 4.18. The summed E-state index contributed by atoms with van der Waals surface area (Å²) in [7, 11) is 0. The van der Waals surface area contributed by atoms with Crippen LogP contribution < -0.4 is 10.9 Å². The van der Waals surface area contributed by atoms with E-state index in [1.165, 1.54) is 17.2 Å². The molecule has 108 valence electrons. The van der Waals surface area contributed by atoms with Crippen molar-refractivity contribution in [2.75, 3.05) is 0 Å². The molecule has 2 N–H and O–H groups in total. The van der Waals surface area contributed by atoms with Crippen molar-refractivity contribution in [3.8, 4) is 0 Å². The molecular weight excluding hydrogens is 278 g/mol. The van der Waals surface area contributed by atoms with Crippen LogP contribution in [0, 0.1) is 10.1 Å². The lowest BCUT2D eigenvalue weighted by atomic mass is 10.3. The SMILES string of the molecule is C=C(Cn1cnc([N+](=O)[O-])n1)NNC(=O)c1cccnc1. The quantitative estimate of drug-likeness (QED) is 0.567. The Morgan fingerprint density at radius 3 is 2.90 bits per heavy atom. The largest absolute Gasteiger partial charge is 0.490 e. The number of carbonyl (C=O) groups is 1. The third-order valence-electron chi connectivity index (χ3n) is 2.32. The van der Waals surface area contributed by atoms with Gasteiger partial charge in [0.15, 0.2) is 0 Å². The Hall–Kier alpha value is -3.30. The maximum Gasteiger partial charge on any atom is 0.490 e. The maximum atomic E-state index is 11.7. The Bertz CT molecular complexity index is 667. The van der Waals surface area contributed by atoms with Gasteiger partial charge in [0.05, 0.1) is 12.1 Å². The number of amides is 1. The number of hydrogen-bond acceptors (Lipinski definition) is 7. The van der Waals surface area contributed by atoms with Crippen LogP contribution in [0.1, 0.15) is 10.4 Å². The van der Waals surface area contributed by atoms with Crippen molar-refractivity contribution in [1.29, 1.82) is 0 Å². The first-order valence-corrected chi connectivity index (χ1v) is 5.74. The van der Waals surface area contributed by atoms with Gasteiger partial charge < -0.3 is 15.5 Å². The van der Waals surface area contributed by atoms with Gasteiger partial charge in [-0.25, -0.2) is 0 Å². The molecule has 0 aromatic carbocycles. The number of pyridine rings is 1. The van der Waals surface area contributed by atoms with Gasteiger partial charge in [-0.2, -0.15) is 4.68 Å². The second-order valence-corrected chi connectivity index (χ2v) is 3.92. The molecule has 0 unspecified atom stereocenters. The number of nitro groups is 1. The molecule has 0 fully saturated rings. The van der Waals surface area contributed by atoms with E-state index >= 15 is 0 Å². The van der Waals surface area contributed by atoms with E-state index in [9.17, 15) is 14.9 Å². The molecule has 0 aliphatic carbocycles. The monoisotopic (exact) mass is 289 g/mol. The van der Waals surface area contributed by atoms with Crippen LogP contribution in [0.15, 0.2) is 43.1 Å². The van der Waals surface area contributed by atoms with Gasteiger partial charge in [0.1, 0.15) is 0 Å². The highest BCUT2D eigenvalue weighted by Gasteiger charge is 2.13. The maximum absolute atomic E-state index is 11.7. The summed E-state index contributed by atoms with van der Waals surface area (Å²) in [5, 5.41) is 14.1. The molecule has 2 heterocycles. The van der Waals surface area contributed by atoms with Gasteiger partial charge in [0.25, 0.3) is 5.91 Å². The third kappa shape index (κ3) is 3.83. The molecule has 0 aliphatic heterocycles. The average Bonchev–Trinajstić information content (AvgIpc) is 2.94. The topological polar surface area (TPSA) is 128 Å². The van der Waals surface area contributed by atoms with E-state index in [4.69, 9.17) is 0 Å². The van der Waals surface area contributed by atoms with Crippen LogP contribution in [0.4, 0.5) is 5.95 Å². The normalized spacial score (nSPS) is 9.90. The molecular formula is C11H11N7O3. The van der Waals surface area contributed by atoms with Crippen LogP contribution in [0.2, 0.25) is 0 Å². The first kappa shape index (κ1) is 14.1. The molecule has 0 saturated heterocycles. The van der Waals surface area contributed by atoms with Crippen molar-refractivity contribution >= 4 is 11.9 Å². The third-order valence-corrected chi connectivity index (χ3v) is 2.32. The van der Waals surface area contributed by atoms with Crippen molar-refractivity contribution in [3.63, 3.8) is 0 Å². The van der Waals surface area contributed by atoms with E-state index in [-0.39, 0.29) is 12.5 Å². The number of nitrogens with zero attached hydrogens (tertiary/aromatic N) is 5. The number of carbonyl (C=O) groups excluding carboxylic acids is 1. The molecule has 0 aliphatic rings. The van der Waals surface area contributed by atoms with Crippen LogP contribution in [0.3, 0.4) is 0 Å². The molecule has 0 bridgehead atoms. The molecule has 10 nitrogen and oxygen atoms in total. The van der Waals surface area contributed by atoms with Crippen LogP contribution in [-0.4, -0.2) is 30.6 Å². The first-order valence-electron chi connectivity index (χ1n) is 5.74. The summed E-state index contributed by atoms with van der Waals surface area (Å²) >= 11 is 0. The minimum absolute atomic E-state index is 0.119. The highest BCUT2D eigenvalue weighted by atomic mass is 16.6. The Morgan fingerprint density at radius 1 is 1.48 bits per heavy atom. The van der Waals surface area contributed by atoms with Crippen molar-refractivity contribution in [2.45, 2.75) is 6.54 Å². The highest BCUT2D eigenvalue weighted by Crippen LogP contribution is 2.01. The molecule has 2 aromatic heterocycles. The van der Waals surface area contributed by atoms with E-state index in [0.717, 1.165) is 0 Å². The van der Waals surface area contributed by atoms with Gasteiger partial charge in [-0.3, -0.25) is 15.2 Å². The fourth-order valence-electron chi connectivity index (χ4n) is 1.39. The Balaban J connectivity index is 1.84. The van der Waals surface area contributed by atoms with Crippen LogP contribution in [0.5, 0.6) is 0 Å². The van der Waals surface area contributed by atoms with Crippen molar-refractivity contribution in [1.82, 2.24) is 30.6 Å². The van der Waals surface area contributed by atoms with Crippen LogP contribution in [-0.2, 0) is 6.54 Å². The summed E-state index contributed by atoms with van der Waals surface area (Å²) in [4.78, 5) is 28.8. The van der Waals surface area contributed by atoms with Gasteiger partial charge >= 0.3 is 5.95 Å². The predicted molar refractivity (Wildman–Crippen MR) is 70.7 cm³/mol. The lowest BCUT2D eigenvalue weighted by Gasteiger charge is -2.09. The fourth-order valence-corrected chi connectivity index (χ4v) is 1.39. The fraction of sp³-hybridized carbons (Fsp3) is 0.0909. The zero-order chi connectivity index (χ0) is 15.2. The minimum Gasteiger partial charge on any atom is -0.390 e. The van der Waals surface area contributed by atoms with E-state index in [2.05, 4.69) is 32.5 Å². The molecule has 0 saturated carbocycles. The Labute approximate surface area is 118 Å². The number of aromatic nitrogens is 4. The zero-order valence-electron chi connectivity index (χ0n) is 10.8. The van der Waals surface area contributed by atoms with Crippen LogP contribution >= 0.6 is 0 Å². The number of allylic oxidation sites excluding steroid dienone is 1. The summed E-state index contributed by atoms with van der Waals surface area (Å²) in [6, 6.07) is 3.24. The second kappa shape index (κ2) is 6.23. The molecule has 2 aromatic rings. The first-order chi connectivity index (χ1) is 10.1. The Kier molecular flexibility index (Phi) is 4.19. The molecule has 21 heavy (non-hydrogen) atoms. The Morgan fingerprint density at radius 2 is 2.29 bits per heavy atom. The molecule has 0 radical (unpaired) electrons. The molecule has 1 amide bonds. The highest BCUT2D eigenvalue weighted by molar-refractivity contribution is 5.93. The van der Waals surface area contributed by atoms with Gasteiger partial charge in [0, 0.05) is 23.2 Å². The van der Waals surface area contributed by atoms with E-state index in [1.54, 1.807) is 18.3 Å². The van der Waals surface area contributed by atoms with Gasteiger partial charge in [-0.05, 0) is 17.1 Å². The standard InChI is InChI=1S/C11H11N7O3/c1-8(6-17-7-13-11(16-17)18(20)21)14-15-10(19)9-3-2-4-12-5-9/h2-5,7,14H,1,6H2,(H,15,19). The van der Waals surface area contributed by atoms with E-state index < -0.39 is 10.9 Å². The summed E-state index contributed by atoms with van der Waals surface area (Å²) in [5.41, 5.74) is 5.78. The number of hydrogen-bond donors (Lipinski definition) is 2. The minimum atomic E-state index is -0.698. The number of nitrogens with one attached hydrogen (secondary N) is 2. The molecule has 0 atom stereocenters. The van der Waals surface area contributed by atoms with Crippen molar-refractivity contribution in [3.05, 3.63) is 58.8 Å². The summed E-state index contributed by atoms with van der Waals surface area (Å²) in [5.74, 6) is -0.879. The molecule has 2 rings (SSSR count). The van der Waals surface area contributed by atoms with Gasteiger partial charge in [-0.15, -0.1) is 0 Å². The number of hydrazine groups is 1. The van der Waals surface area contributed by atoms with Crippen molar-refractivity contribution in [2.24, 2.45) is 0 Å². The van der Waals surface area contributed by atoms with Crippen molar-refractivity contribution < 1.29 is 9.72 Å². The smallest absolute Gasteiger partial charge is 0.390 e. The van der Waals surface area contributed by atoms with Gasteiger partial charge in [0.2, 0.25) is 6.33 Å². The van der Waals surface area contributed by atoms with E-state index in [0.29, 0.717) is 11.3 Å². The summed E-state index contributed by atoms with van der Waals surface area (Å²) < 4.78 is 1.23. The average molecular weight is 289 g/mol. The predicted octanol–water partition coefficient (Wildman–Crippen LogP) is 0.0296. The summed E-state index contributed by atoms with van der Waals surface area (Å²) in [6.45, 7) is 3.79. The zero-order valence-corrected chi connectivity index (χ0v) is 10.8. The molecule has 10 heteroatoms. The molecule has 0 spiro atoms. The second-order valence-electron chi connectivity index (χ2n) is 3.92. The lowest BCUT2D eigenvalue weighted by Crippen LogP contribution is -2.37. The van der Waals surface area contributed by atoms with Gasteiger partial charge in [-0.1, -0.05) is 11.6 Å². The lowest BCUT2D eigenvalue weighted by molar-refractivity contribution is -0.394. The van der Waals surface area contributed by atoms with E-state index in [1.807, 2.05) is 0 Å².